The summed E-state index contributed by atoms with van der Waals surface area (Å²) in [6.45, 7) is 4.09. The molecule has 0 aliphatic carbocycles. The van der Waals surface area contributed by atoms with Gasteiger partial charge in [-0.3, -0.25) is 0 Å². The van der Waals surface area contributed by atoms with Gasteiger partial charge in [-0.15, -0.1) is 0 Å². The molecule has 0 radical (unpaired) electrons. The van der Waals surface area contributed by atoms with Crippen molar-refractivity contribution in [2.24, 2.45) is 0 Å². The fourth-order valence-corrected chi connectivity index (χ4v) is 0.959. The molecular formula is C7H12O2. The summed E-state index contributed by atoms with van der Waals surface area (Å²) >= 11 is 0. The van der Waals surface area contributed by atoms with Crippen molar-refractivity contribution < 1.29 is 9.53 Å². The van der Waals surface area contributed by atoms with Crippen molar-refractivity contribution in [3.63, 3.8) is 0 Å². The monoisotopic (exact) mass is 128 g/mol. The smallest absolute Gasteiger partial charge is 0.120 e. The highest BCUT2D eigenvalue weighted by Gasteiger charge is 2.46. The first-order valence-electron chi connectivity index (χ1n) is 3.28. The van der Waals surface area contributed by atoms with Crippen LogP contribution < -0.4 is 0 Å². The topological polar surface area (TPSA) is 29.6 Å². The van der Waals surface area contributed by atoms with Crippen molar-refractivity contribution in [3.05, 3.63) is 0 Å². The number of rotatable bonds is 3. The Kier molecular flexibility index (Phi) is 1.58. The maximum atomic E-state index is 9.89. The van der Waals surface area contributed by atoms with Crippen LogP contribution >= 0.6 is 0 Å². The van der Waals surface area contributed by atoms with Crippen molar-refractivity contribution in [1.82, 2.24) is 0 Å². The fraction of sp³-hybridized carbons (Fsp3) is 0.857. The SMILES string of the molecule is CC1(C)O[C@H]1CCC=O. The van der Waals surface area contributed by atoms with Crippen LogP contribution in [0.5, 0.6) is 0 Å². The van der Waals surface area contributed by atoms with Gasteiger partial charge in [0.05, 0.1) is 11.7 Å². The Bertz CT molecular complexity index is 118. The van der Waals surface area contributed by atoms with Crippen LogP contribution in [-0.2, 0) is 9.53 Å². The molecule has 9 heavy (non-hydrogen) atoms. The summed E-state index contributed by atoms with van der Waals surface area (Å²) in [5.74, 6) is 0. The molecule has 0 N–H and O–H groups in total. The minimum atomic E-state index is 0.0585. The van der Waals surface area contributed by atoms with Gasteiger partial charge in [0.15, 0.2) is 0 Å². The van der Waals surface area contributed by atoms with Crippen LogP contribution in [0.3, 0.4) is 0 Å². The number of epoxide rings is 1. The Labute approximate surface area is 55.2 Å². The van der Waals surface area contributed by atoms with Gasteiger partial charge in [0.2, 0.25) is 0 Å². The van der Waals surface area contributed by atoms with Crippen LogP contribution in [0.4, 0.5) is 0 Å². The minimum Gasteiger partial charge on any atom is -0.367 e. The summed E-state index contributed by atoms with van der Waals surface area (Å²) < 4.78 is 5.25. The molecule has 52 valence electrons. The van der Waals surface area contributed by atoms with Crippen molar-refractivity contribution in [2.75, 3.05) is 0 Å². The van der Waals surface area contributed by atoms with E-state index in [0.717, 1.165) is 12.7 Å². The van der Waals surface area contributed by atoms with E-state index < -0.39 is 0 Å². The van der Waals surface area contributed by atoms with E-state index in [2.05, 4.69) is 0 Å². The predicted octanol–water partition coefficient (Wildman–Crippen LogP) is 1.14. The number of carbonyl (C=O) groups is 1. The molecule has 0 aromatic heterocycles. The van der Waals surface area contributed by atoms with Crippen LogP contribution in [0, 0.1) is 0 Å². The van der Waals surface area contributed by atoms with Gasteiger partial charge in [0, 0.05) is 6.42 Å². The average Bonchev–Trinajstić information content (AvgIpc) is 2.35. The zero-order valence-electron chi connectivity index (χ0n) is 5.89. The van der Waals surface area contributed by atoms with E-state index >= 15 is 0 Å². The molecule has 0 unspecified atom stereocenters. The molecule has 1 saturated heterocycles. The van der Waals surface area contributed by atoms with E-state index in [1.165, 1.54) is 0 Å². The summed E-state index contributed by atoms with van der Waals surface area (Å²) in [5.41, 5.74) is 0.0585. The minimum absolute atomic E-state index is 0.0585. The van der Waals surface area contributed by atoms with Crippen molar-refractivity contribution in [3.8, 4) is 0 Å². The lowest BCUT2D eigenvalue weighted by molar-refractivity contribution is -0.108. The van der Waals surface area contributed by atoms with E-state index in [9.17, 15) is 4.79 Å². The molecule has 0 aromatic rings. The maximum Gasteiger partial charge on any atom is 0.120 e. The summed E-state index contributed by atoms with van der Waals surface area (Å²) in [5, 5.41) is 0. The molecule has 1 atom stereocenters. The normalized spacial score (nSPS) is 29.8. The van der Waals surface area contributed by atoms with Crippen molar-refractivity contribution in [1.29, 1.82) is 0 Å². The van der Waals surface area contributed by atoms with Gasteiger partial charge >= 0.3 is 0 Å². The van der Waals surface area contributed by atoms with Gasteiger partial charge < -0.3 is 9.53 Å². The standard InChI is InChI=1S/C7H12O2/c1-7(2)6(9-7)4-3-5-8/h5-6H,3-4H2,1-2H3/t6-/m0/s1. The van der Waals surface area contributed by atoms with Crippen LogP contribution in [0.1, 0.15) is 26.7 Å². The Morgan fingerprint density at radius 3 is 2.56 bits per heavy atom. The first-order valence-corrected chi connectivity index (χ1v) is 3.28. The Morgan fingerprint density at radius 1 is 1.67 bits per heavy atom. The lowest BCUT2D eigenvalue weighted by Crippen LogP contribution is -2.02. The van der Waals surface area contributed by atoms with Crippen molar-refractivity contribution in [2.45, 2.75) is 38.4 Å². The summed E-state index contributed by atoms with van der Waals surface area (Å²) in [6, 6.07) is 0. The third-order valence-electron chi connectivity index (χ3n) is 1.71. The fourth-order valence-electron chi connectivity index (χ4n) is 0.959. The second-order valence-electron chi connectivity index (χ2n) is 2.95. The van der Waals surface area contributed by atoms with E-state index in [0.29, 0.717) is 12.5 Å². The maximum absolute atomic E-state index is 9.89. The molecule has 0 aromatic carbocycles. The van der Waals surface area contributed by atoms with Gasteiger partial charge in [0.1, 0.15) is 6.29 Å². The highest BCUT2D eigenvalue weighted by Crippen LogP contribution is 2.37. The average molecular weight is 128 g/mol. The van der Waals surface area contributed by atoms with E-state index in [-0.39, 0.29) is 5.60 Å². The number of aldehydes is 1. The highest BCUT2D eigenvalue weighted by molar-refractivity contribution is 5.49. The van der Waals surface area contributed by atoms with Crippen molar-refractivity contribution >= 4 is 6.29 Å². The third kappa shape index (κ3) is 1.52. The van der Waals surface area contributed by atoms with E-state index in [4.69, 9.17) is 4.74 Å². The summed E-state index contributed by atoms with van der Waals surface area (Å²) in [4.78, 5) is 9.89. The number of carbonyl (C=O) groups excluding carboxylic acids is 1. The second-order valence-corrected chi connectivity index (χ2v) is 2.95. The van der Waals surface area contributed by atoms with Gasteiger partial charge in [-0.05, 0) is 20.3 Å². The van der Waals surface area contributed by atoms with Gasteiger partial charge in [-0.2, -0.15) is 0 Å². The highest BCUT2D eigenvalue weighted by atomic mass is 16.6. The molecule has 1 aliphatic rings. The summed E-state index contributed by atoms with van der Waals surface area (Å²) in [6.07, 6.45) is 2.80. The molecule has 1 aliphatic heterocycles. The van der Waals surface area contributed by atoms with Gasteiger partial charge in [-0.25, -0.2) is 0 Å². The Hall–Kier alpha value is -0.370. The molecule has 0 spiro atoms. The second kappa shape index (κ2) is 2.10. The number of ether oxygens (including phenoxy) is 1. The molecular weight excluding hydrogens is 116 g/mol. The van der Waals surface area contributed by atoms with Crippen LogP contribution in [0.25, 0.3) is 0 Å². The molecule has 0 amide bonds. The van der Waals surface area contributed by atoms with Crippen LogP contribution in [0.15, 0.2) is 0 Å². The number of hydrogen-bond donors (Lipinski definition) is 0. The lowest BCUT2D eigenvalue weighted by Gasteiger charge is -1.90. The predicted molar refractivity (Wildman–Crippen MR) is 34.2 cm³/mol. The Balaban J connectivity index is 2.12. The summed E-state index contributed by atoms with van der Waals surface area (Å²) in [7, 11) is 0. The quantitative estimate of drug-likeness (QED) is 0.421. The molecule has 1 rings (SSSR count). The number of hydrogen-bond acceptors (Lipinski definition) is 2. The first-order chi connectivity index (χ1) is 4.17. The zero-order valence-corrected chi connectivity index (χ0v) is 5.89. The largest absolute Gasteiger partial charge is 0.367 e. The van der Waals surface area contributed by atoms with Gasteiger partial charge in [-0.1, -0.05) is 0 Å². The molecule has 1 heterocycles. The van der Waals surface area contributed by atoms with E-state index in [1.807, 2.05) is 13.8 Å². The molecule has 2 nitrogen and oxygen atoms in total. The lowest BCUT2D eigenvalue weighted by atomic mass is 10.1. The third-order valence-corrected chi connectivity index (χ3v) is 1.71. The molecule has 1 fully saturated rings. The van der Waals surface area contributed by atoms with Gasteiger partial charge in [0.25, 0.3) is 0 Å². The van der Waals surface area contributed by atoms with Crippen LogP contribution in [0.2, 0.25) is 0 Å². The first kappa shape index (κ1) is 6.75. The Morgan fingerprint density at radius 2 is 2.22 bits per heavy atom. The molecule has 0 saturated carbocycles. The van der Waals surface area contributed by atoms with Crippen LogP contribution in [-0.4, -0.2) is 18.0 Å². The van der Waals surface area contributed by atoms with E-state index in [1.54, 1.807) is 0 Å². The zero-order chi connectivity index (χ0) is 6.91. The molecule has 0 bridgehead atoms. The molecule has 2 heteroatoms.